The number of Topliss-reactive ketones (excluding diaryl/α,β-unsaturated/α-hetero) is 1. The topological polar surface area (TPSA) is 37.4 Å². The molecule has 0 spiro atoms. The van der Waals surface area contributed by atoms with E-state index < -0.39 is 0 Å². The van der Waals surface area contributed by atoms with Crippen molar-refractivity contribution in [2.24, 2.45) is 5.92 Å². The lowest BCUT2D eigenvalue weighted by molar-refractivity contribution is -0.124. The van der Waals surface area contributed by atoms with Gasteiger partial charge in [0, 0.05) is 30.3 Å². The van der Waals surface area contributed by atoms with Crippen LogP contribution in [-0.4, -0.2) is 29.7 Å². The zero-order valence-corrected chi connectivity index (χ0v) is 11.0. The summed E-state index contributed by atoms with van der Waals surface area (Å²) in [5, 5.41) is 0. The maximum Gasteiger partial charge on any atom is 0.263 e. The maximum atomic E-state index is 12.2. The second-order valence-electron chi connectivity index (χ2n) is 4.49. The molecule has 1 aliphatic rings. The lowest BCUT2D eigenvalue weighted by Crippen LogP contribution is -2.42. The summed E-state index contributed by atoms with van der Waals surface area (Å²) in [6.07, 6.45) is 1.46. The van der Waals surface area contributed by atoms with Gasteiger partial charge in [-0.1, -0.05) is 13.8 Å². The highest BCUT2D eigenvalue weighted by molar-refractivity contribution is 7.14. The molecule has 2 rings (SSSR count). The van der Waals surface area contributed by atoms with Crippen molar-refractivity contribution in [1.82, 2.24) is 4.90 Å². The summed E-state index contributed by atoms with van der Waals surface area (Å²) >= 11 is 1.56. The SMILES string of the molecule is CCc1ccc(C(=O)N2CCC(=O)C(C)C2)s1. The van der Waals surface area contributed by atoms with Crippen molar-refractivity contribution in [3.05, 3.63) is 21.9 Å². The van der Waals surface area contributed by atoms with Gasteiger partial charge in [0.05, 0.1) is 4.88 Å². The van der Waals surface area contributed by atoms with Crippen LogP contribution in [0.1, 0.15) is 34.8 Å². The fourth-order valence-electron chi connectivity index (χ4n) is 2.04. The Hall–Kier alpha value is -1.16. The van der Waals surface area contributed by atoms with Crippen LogP contribution in [0.15, 0.2) is 12.1 Å². The minimum Gasteiger partial charge on any atom is -0.337 e. The Bertz CT molecular complexity index is 438. The molecule has 1 aliphatic heterocycles. The number of carbonyl (C=O) groups excluding carboxylic acids is 2. The van der Waals surface area contributed by atoms with Crippen LogP contribution >= 0.6 is 11.3 Å². The van der Waals surface area contributed by atoms with Crippen molar-refractivity contribution >= 4 is 23.0 Å². The molecule has 1 unspecified atom stereocenters. The van der Waals surface area contributed by atoms with E-state index in [2.05, 4.69) is 6.92 Å². The molecule has 2 heterocycles. The molecule has 0 bridgehead atoms. The van der Waals surface area contributed by atoms with E-state index in [0.717, 1.165) is 11.3 Å². The van der Waals surface area contributed by atoms with Crippen LogP contribution in [0, 0.1) is 5.92 Å². The summed E-state index contributed by atoms with van der Waals surface area (Å²) in [6.45, 7) is 5.12. The quantitative estimate of drug-likeness (QED) is 0.809. The first-order valence-electron chi connectivity index (χ1n) is 6.02. The summed E-state index contributed by atoms with van der Waals surface area (Å²) in [4.78, 5) is 27.4. The van der Waals surface area contributed by atoms with Gasteiger partial charge in [-0.05, 0) is 18.6 Å². The molecule has 1 fully saturated rings. The molecule has 17 heavy (non-hydrogen) atoms. The van der Waals surface area contributed by atoms with E-state index in [4.69, 9.17) is 0 Å². The molecule has 0 aromatic carbocycles. The maximum absolute atomic E-state index is 12.2. The van der Waals surface area contributed by atoms with Crippen LogP contribution < -0.4 is 0 Å². The first-order valence-corrected chi connectivity index (χ1v) is 6.84. The van der Waals surface area contributed by atoms with Crippen LogP contribution in [0.25, 0.3) is 0 Å². The summed E-state index contributed by atoms with van der Waals surface area (Å²) in [6, 6.07) is 3.91. The van der Waals surface area contributed by atoms with Crippen LogP contribution in [-0.2, 0) is 11.2 Å². The van der Waals surface area contributed by atoms with Crippen molar-refractivity contribution in [2.75, 3.05) is 13.1 Å². The molecular formula is C13H17NO2S. The zero-order valence-electron chi connectivity index (χ0n) is 10.2. The van der Waals surface area contributed by atoms with Crippen molar-refractivity contribution < 1.29 is 9.59 Å². The first-order chi connectivity index (χ1) is 8.11. The molecule has 1 aromatic heterocycles. The number of rotatable bonds is 2. The Morgan fingerprint density at radius 3 is 2.88 bits per heavy atom. The molecule has 92 valence electrons. The molecule has 0 radical (unpaired) electrons. The molecule has 4 heteroatoms. The smallest absolute Gasteiger partial charge is 0.263 e. The highest BCUT2D eigenvalue weighted by Crippen LogP contribution is 2.21. The number of amides is 1. The number of carbonyl (C=O) groups is 2. The monoisotopic (exact) mass is 251 g/mol. The second kappa shape index (κ2) is 5.00. The summed E-state index contributed by atoms with van der Waals surface area (Å²) in [7, 11) is 0. The summed E-state index contributed by atoms with van der Waals surface area (Å²) in [5.74, 6) is 0.335. The van der Waals surface area contributed by atoms with Gasteiger partial charge in [-0.15, -0.1) is 11.3 Å². The van der Waals surface area contributed by atoms with Gasteiger partial charge in [-0.3, -0.25) is 9.59 Å². The van der Waals surface area contributed by atoms with Crippen LogP contribution in [0.2, 0.25) is 0 Å². The van der Waals surface area contributed by atoms with E-state index in [1.54, 1.807) is 16.2 Å². The largest absolute Gasteiger partial charge is 0.337 e. The molecule has 3 nitrogen and oxygen atoms in total. The molecule has 0 aliphatic carbocycles. The molecule has 1 aromatic rings. The van der Waals surface area contributed by atoms with Crippen molar-refractivity contribution in [2.45, 2.75) is 26.7 Å². The lowest BCUT2D eigenvalue weighted by Gasteiger charge is -2.29. The van der Waals surface area contributed by atoms with Gasteiger partial charge in [-0.25, -0.2) is 0 Å². The van der Waals surface area contributed by atoms with Gasteiger partial charge < -0.3 is 4.90 Å². The molecule has 1 amide bonds. The Kier molecular flexibility index (Phi) is 3.62. The molecular weight excluding hydrogens is 234 g/mol. The van der Waals surface area contributed by atoms with Gasteiger partial charge in [0.25, 0.3) is 5.91 Å². The Labute approximate surface area is 105 Å². The van der Waals surface area contributed by atoms with Crippen molar-refractivity contribution in [1.29, 1.82) is 0 Å². The van der Waals surface area contributed by atoms with Gasteiger partial charge in [0.2, 0.25) is 0 Å². The predicted octanol–water partition coefficient (Wildman–Crippen LogP) is 2.36. The third-order valence-corrected chi connectivity index (χ3v) is 4.40. The first kappa shape index (κ1) is 12.3. The van der Waals surface area contributed by atoms with Crippen molar-refractivity contribution in [3.8, 4) is 0 Å². The predicted molar refractivity (Wildman–Crippen MR) is 68.4 cm³/mol. The van der Waals surface area contributed by atoms with Crippen molar-refractivity contribution in [3.63, 3.8) is 0 Å². The number of piperidine rings is 1. The van der Waals surface area contributed by atoms with Crippen LogP contribution in [0.4, 0.5) is 0 Å². The highest BCUT2D eigenvalue weighted by atomic mass is 32.1. The third kappa shape index (κ3) is 2.57. The number of aryl methyl sites for hydroxylation is 1. The minimum absolute atomic E-state index is 0.0155. The van der Waals surface area contributed by atoms with Crippen LogP contribution in [0.3, 0.4) is 0 Å². The van der Waals surface area contributed by atoms with Gasteiger partial charge >= 0.3 is 0 Å². The van der Waals surface area contributed by atoms with Crippen LogP contribution in [0.5, 0.6) is 0 Å². The van der Waals surface area contributed by atoms with E-state index in [9.17, 15) is 9.59 Å². The average molecular weight is 251 g/mol. The number of ketones is 1. The Balaban J connectivity index is 2.07. The molecule has 0 saturated carbocycles. The fourth-order valence-corrected chi connectivity index (χ4v) is 2.95. The van der Waals surface area contributed by atoms with Gasteiger partial charge in [-0.2, -0.15) is 0 Å². The molecule has 0 N–H and O–H groups in total. The van der Waals surface area contributed by atoms with E-state index in [-0.39, 0.29) is 17.6 Å². The van der Waals surface area contributed by atoms with Gasteiger partial charge in [0.1, 0.15) is 5.78 Å². The van der Waals surface area contributed by atoms with E-state index in [1.807, 2.05) is 19.1 Å². The number of hydrogen-bond donors (Lipinski definition) is 0. The van der Waals surface area contributed by atoms with Gasteiger partial charge in [0.15, 0.2) is 0 Å². The summed E-state index contributed by atoms with van der Waals surface area (Å²) in [5.41, 5.74) is 0. The third-order valence-electron chi connectivity index (χ3n) is 3.18. The number of hydrogen-bond acceptors (Lipinski definition) is 3. The number of thiophene rings is 1. The van der Waals surface area contributed by atoms with E-state index in [1.165, 1.54) is 4.88 Å². The number of nitrogens with zero attached hydrogens (tertiary/aromatic N) is 1. The second-order valence-corrected chi connectivity index (χ2v) is 5.66. The minimum atomic E-state index is -0.0155. The zero-order chi connectivity index (χ0) is 12.4. The van der Waals surface area contributed by atoms with E-state index in [0.29, 0.717) is 19.5 Å². The fraction of sp³-hybridized carbons (Fsp3) is 0.538. The molecule has 1 atom stereocenters. The highest BCUT2D eigenvalue weighted by Gasteiger charge is 2.27. The number of likely N-dealkylation sites (tertiary alicyclic amines) is 1. The molecule has 1 saturated heterocycles. The average Bonchev–Trinajstić information content (AvgIpc) is 2.80. The normalized spacial score (nSPS) is 20.7. The summed E-state index contributed by atoms with van der Waals surface area (Å²) < 4.78 is 0. The lowest BCUT2D eigenvalue weighted by atomic mass is 9.98. The Morgan fingerprint density at radius 2 is 2.29 bits per heavy atom. The Morgan fingerprint density at radius 1 is 1.53 bits per heavy atom. The van der Waals surface area contributed by atoms with E-state index >= 15 is 0 Å². The standard InChI is InChI=1S/C13H17NO2S/c1-3-10-4-5-12(17-10)13(16)14-7-6-11(15)9(2)8-14/h4-5,9H,3,6-8H2,1-2H3.